The molecule has 0 aliphatic carbocycles. The molecule has 1 fully saturated rings. The largest absolute Gasteiger partial charge is 0.396 e. The number of rotatable bonds is 19. The normalized spacial score (nSPS) is 21.4. The van der Waals surface area contributed by atoms with Crippen LogP contribution in [0.25, 0.3) is 0 Å². The van der Waals surface area contributed by atoms with Gasteiger partial charge in [-0.1, -0.05) is 104 Å². The molecule has 0 radical (unpaired) electrons. The van der Waals surface area contributed by atoms with Crippen molar-refractivity contribution in [3.8, 4) is 0 Å². The first-order valence-electron chi connectivity index (χ1n) is 12.7. The van der Waals surface area contributed by atoms with E-state index in [1.54, 1.807) is 0 Å². The molecule has 1 rings (SSSR count). The number of aliphatic hydroxyl groups is 1. The summed E-state index contributed by atoms with van der Waals surface area (Å²) in [5.41, 5.74) is 0. The molecule has 2 atom stereocenters. The zero-order valence-electron chi connectivity index (χ0n) is 19.4. The van der Waals surface area contributed by atoms with Gasteiger partial charge in [-0.15, -0.1) is 0 Å². The molecular formula is C25H50O3. The Morgan fingerprint density at radius 3 is 1.43 bits per heavy atom. The summed E-state index contributed by atoms with van der Waals surface area (Å²) in [4.78, 5) is 0. The van der Waals surface area contributed by atoms with Gasteiger partial charge in [0.25, 0.3) is 0 Å². The highest BCUT2D eigenvalue weighted by Crippen LogP contribution is 2.40. The molecule has 0 aromatic rings. The highest BCUT2D eigenvalue weighted by atomic mass is 16.8. The quantitative estimate of drug-likeness (QED) is 0.228. The number of ether oxygens (including phenoxy) is 2. The van der Waals surface area contributed by atoms with E-state index in [2.05, 4.69) is 20.8 Å². The Labute approximate surface area is 176 Å². The van der Waals surface area contributed by atoms with Crippen LogP contribution in [0.1, 0.15) is 136 Å². The molecule has 1 saturated heterocycles. The van der Waals surface area contributed by atoms with Crippen molar-refractivity contribution >= 4 is 0 Å². The first-order chi connectivity index (χ1) is 13.7. The summed E-state index contributed by atoms with van der Waals surface area (Å²) in [6.07, 6.45) is 22.5. The zero-order valence-corrected chi connectivity index (χ0v) is 19.4. The summed E-state index contributed by atoms with van der Waals surface area (Å²) in [6.45, 7) is 7.10. The molecule has 1 heterocycles. The summed E-state index contributed by atoms with van der Waals surface area (Å²) < 4.78 is 13.3. The van der Waals surface area contributed by atoms with E-state index in [9.17, 15) is 0 Å². The van der Waals surface area contributed by atoms with Crippen LogP contribution < -0.4 is 0 Å². The molecule has 168 valence electrons. The average Bonchev–Trinajstić information content (AvgIpc) is 3.01. The van der Waals surface area contributed by atoms with Crippen LogP contribution in [0, 0.1) is 0 Å². The lowest BCUT2D eigenvalue weighted by atomic mass is 9.99. The van der Waals surface area contributed by atoms with Crippen LogP contribution in [0.15, 0.2) is 0 Å². The lowest BCUT2D eigenvalue weighted by Crippen LogP contribution is -2.30. The van der Waals surface area contributed by atoms with E-state index in [1.807, 2.05) is 0 Å². The summed E-state index contributed by atoms with van der Waals surface area (Å²) in [6, 6.07) is 0. The minimum Gasteiger partial charge on any atom is -0.396 e. The molecule has 0 spiro atoms. The maximum absolute atomic E-state index is 8.88. The Morgan fingerprint density at radius 2 is 1.00 bits per heavy atom. The second-order valence-corrected chi connectivity index (χ2v) is 8.91. The SMILES string of the molecule is CCCCCCCC[C@@H]1OC(CCC)(CCC)O[C@H]1CCCCCCCCO. The lowest BCUT2D eigenvalue weighted by molar-refractivity contribution is -0.186. The number of hydrogen-bond acceptors (Lipinski definition) is 3. The molecule has 0 saturated carbocycles. The first kappa shape index (κ1) is 25.9. The fourth-order valence-electron chi connectivity index (χ4n) is 4.63. The van der Waals surface area contributed by atoms with E-state index < -0.39 is 0 Å². The zero-order chi connectivity index (χ0) is 20.5. The van der Waals surface area contributed by atoms with Crippen molar-refractivity contribution in [2.24, 2.45) is 0 Å². The molecule has 3 heteroatoms. The molecule has 0 bridgehead atoms. The topological polar surface area (TPSA) is 38.7 Å². The van der Waals surface area contributed by atoms with Gasteiger partial charge in [-0.25, -0.2) is 0 Å². The van der Waals surface area contributed by atoms with Crippen molar-refractivity contribution in [2.75, 3.05) is 6.61 Å². The lowest BCUT2D eigenvalue weighted by Gasteiger charge is -2.27. The summed E-state index contributed by atoms with van der Waals surface area (Å²) in [7, 11) is 0. The van der Waals surface area contributed by atoms with Crippen LogP contribution >= 0.6 is 0 Å². The van der Waals surface area contributed by atoms with Crippen molar-refractivity contribution < 1.29 is 14.6 Å². The van der Waals surface area contributed by atoms with Crippen molar-refractivity contribution in [3.05, 3.63) is 0 Å². The fraction of sp³-hybridized carbons (Fsp3) is 1.00. The molecule has 0 aromatic heterocycles. The van der Waals surface area contributed by atoms with Gasteiger partial charge in [-0.05, 0) is 19.3 Å². The predicted octanol–water partition coefficient (Wildman–Crippen LogP) is 7.54. The van der Waals surface area contributed by atoms with Crippen LogP contribution in [0.2, 0.25) is 0 Å². The number of hydrogen-bond donors (Lipinski definition) is 1. The number of aliphatic hydroxyl groups excluding tert-OH is 1. The van der Waals surface area contributed by atoms with Gasteiger partial charge >= 0.3 is 0 Å². The third kappa shape index (κ3) is 10.6. The van der Waals surface area contributed by atoms with Gasteiger partial charge in [0.2, 0.25) is 0 Å². The van der Waals surface area contributed by atoms with Gasteiger partial charge in [-0.2, -0.15) is 0 Å². The third-order valence-corrected chi connectivity index (χ3v) is 6.15. The summed E-state index contributed by atoms with van der Waals surface area (Å²) in [5.74, 6) is -0.303. The maximum atomic E-state index is 8.88. The van der Waals surface area contributed by atoms with Crippen LogP contribution in [0.5, 0.6) is 0 Å². The Balaban J connectivity index is 2.42. The monoisotopic (exact) mass is 398 g/mol. The van der Waals surface area contributed by atoms with Crippen molar-refractivity contribution in [2.45, 2.75) is 154 Å². The molecule has 0 amide bonds. The van der Waals surface area contributed by atoms with Crippen molar-refractivity contribution in [1.29, 1.82) is 0 Å². The van der Waals surface area contributed by atoms with E-state index in [0.29, 0.717) is 18.8 Å². The van der Waals surface area contributed by atoms with Gasteiger partial charge in [0.1, 0.15) is 0 Å². The van der Waals surface area contributed by atoms with Crippen LogP contribution in [-0.2, 0) is 9.47 Å². The van der Waals surface area contributed by atoms with Crippen molar-refractivity contribution in [3.63, 3.8) is 0 Å². The van der Waals surface area contributed by atoms with E-state index in [0.717, 1.165) is 44.9 Å². The third-order valence-electron chi connectivity index (χ3n) is 6.15. The van der Waals surface area contributed by atoms with Gasteiger partial charge < -0.3 is 14.6 Å². The molecule has 1 aliphatic heterocycles. The molecule has 0 unspecified atom stereocenters. The molecule has 3 nitrogen and oxygen atoms in total. The van der Waals surface area contributed by atoms with Crippen molar-refractivity contribution in [1.82, 2.24) is 0 Å². The van der Waals surface area contributed by atoms with E-state index in [4.69, 9.17) is 14.6 Å². The molecule has 0 aromatic carbocycles. The average molecular weight is 399 g/mol. The highest BCUT2D eigenvalue weighted by molar-refractivity contribution is 4.86. The Kier molecular flexibility index (Phi) is 15.4. The Hall–Kier alpha value is -0.120. The second kappa shape index (κ2) is 16.7. The van der Waals surface area contributed by atoms with Crippen LogP contribution in [0.4, 0.5) is 0 Å². The molecular weight excluding hydrogens is 348 g/mol. The molecule has 28 heavy (non-hydrogen) atoms. The van der Waals surface area contributed by atoms with Gasteiger partial charge in [-0.3, -0.25) is 0 Å². The minimum absolute atomic E-state index is 0.297. The fourth-order valence-corrected chi connectivity index (χ4v) is 4.63. The predicted molar refractivity (Wildman–Crippen MR) is 120 cm³/mol. The molecule has 1 N–H and O–H groups in total. The number of unbranched alkanes of at least 4 members (excludes halogenated alkanes) is 10. The van der Waals surface area contributed by atoms with Crippen LogP contribution in [0.3, 0.4) is 0 Å². The molecule has 1 aliphatic rings. The smallest absolute Gasteiger partial charge is 0.169 e. The minimum atomic E-state index is -0.303. The van der Waals surface area contributed by atoms with Gasteiger partial charge in [0, 0.05) is 19.4 Å². The maximum Gasteiger partial charge on any atom is 0.169 e. The summed E-state index contributed by atoms with van der Waals surface area (Å²) in [5, 5.41) is 8.88. The van der Waals surface area contributed by atoms with Gasteiger partial charge in [0.05, 0.1) is 12.2 Å². The standard InChI is InChI=1S/C25H50O3/c1-4-7-8-9-12-15-18-23-24(19-16-13-10-11-14-17-22-26)28-25(27-23,20-5-2)21-6-3/h23-24,26H,4-22H2,1-3H3/t23-,24-/m0/s1. The van der Waals surface area contributed by atoms with Crippen LogP contribution in [-0.4, -0.2) is 29.7 Å². The second-order valence-electron chi connectivity index (χ2n) is 8.91. The van der Waals surface area contributed by atoms with E-state index in [1.165, 1.54) is 70.6 Å². The summed E-state index contributed by atoms with van der Waals surface area (Å²) >= 11 is 0. The van der Waals surface area contributed by atoms with Gasteiger partial charge in [0.15, 0.2) is 5.79 Å². The highest BCUT2D eigenvalue weighted by Gasteiger charge is 2.45. The first-order valence-corrected chi connectivity index (χ1v) is 12.7. The Bertz CT molecular complexity index is 339. The Morgan fingerprint density at radius 1 is 0.571 bits per heavy atom. The van der Waals surface area contributed by atoms with E-state index >= 15 is 0 Å². The van der Waals surface area contributed by atoms with E-state index in [-0.39, 0.29) is 5.79 Å².